The summed E-state index contributed by atoms with van der Waals surface area (Å²) < 4.78 is 11.8. The number of amides is 1. The summed E-state index contributed by atoms with van der Waals surface area (Å²) in [5.74, 6) is 0. The maximum Gasteiger partial charge on any atom is 0.410 e. The molecule has 0 radical (unpaired) electrons. The SMILES string of the molecule is Cc1ccnc(C2CCCN2C(=O)OC(C)(C)C)c1COCCCCCCCCCC(C)(C)C(C)(C)C. The van der Waals surface area contributed by atoms with E-state index in [1.54, 1.807) is 0 Å². The van der Waals surface area contributed by atoms with E-state index in [0.717, 1.165) is 37.1 Å². The molecule has 5 nitrogen and oxygen atoms in total. The first-order chi connectivity index (χ1) is 17.2. The molecule has 1 saturated heterocycles. The van der Waals surface area contributed by atoms with Gasteiger partial charge in [0.1, 0.15) is 5.60 Å². The fourth-order valence-electron chi connectivity index (χ4n) is 4.88. The van der Waals surface area contributed by atoms with Crippen molar-refractivity contribution in [3.63, 3.8) is 0 Å². The Morgan fingerprint density at radius 3 is 2.22 bits per heavy atom. The number of unbranched alkanes of at least 4 members (excludes halogenated alkanes) is 6. The Bertz CT molecular complexity index is 835. The number of hydrogen-bond acceptors (Lipinski definition) is 4. The Morgan fingerprint density at radius 2 is 1.59 bits per heavy atom. The highest BCUT2D eigenvalue weighted by molar-refractivity contribution is 5.69. The van der Waals surface area contributed by atoms with Crippen LogP contribution < -0.4 is 0 Å². The number of rotatable bonds is 13. The minimum absolute atomic E-state index is 0.0395. The van der Waals surface area contributed by atoms with Gasteiger partial charge in [-0.2, -0.15) is 0 Å². The van der Waals surface area contributed by atoms with Crippen LogP contribution in [-0.2, 0) is 16.1 Å². The second kappa shape index (κ2) is 14.0. The molecule has 0 saturated carbocycles. The summed E-state index contributed by atoms with van der Waals surface area (Å²) in [6.07, 6.45) is 13.8. The summed E-state index contributed by atoms with van der Waals surface area (Å²) in [5, 5.41) is 0. The van der Waals surface area contributed by atoms with Crippen LogP contribution in [0.3, 0.4) is 0 Å². The zero-order valence-electron chi connectivity index (χ0n) is 25.5. The van der Waals surface area contributed by atoms with Crippen LogP contribution >= 0.6 is 0 Å². The van der Waals surface area contributed by atoms with Crippen LogP contribution in [0.15, 0.2) is 12.3 Å². The van der Waals surface area contributed by atoms with E-state index in [1.165, 1.54) is 50.5 Å². The molecule has 0 aliphatic carbocycles. The van der Waals surface area contributed by atoms with Gasteiger partial charge >= 0.3 is 6.09 Å². The second-order valence-electron chi connectivity index (χ2n) is 13.7. The number of aryl methyl sites for hydroxylation is 1. The molecule has 5 heteroatoms. The number of nitrogens with zero attached hydrogens (tertiary/aromatic N) is 2. The van der Waals surface area contributed by atoms with E-state index in [1.807, 2.05) is 37.9 Å². The van der Waals surface area contributed by atoms with Gasteiger partial charge in [0, 0.05) is 24.9 Å². The van der Waals surface area contributed by atoms with Crippen LogP contribution in [0.5, 0.6) is 0 Å². The van der Waals surface area contributed by atoms with Crippen LogP contribution in [-0.4, -0.2) is 34.7 Å². The van der Waals surface area contributed by atoms with Crippen molar-refractivity contribution >= 4 is 6.09 Å². The van der Waals surface area contributed by atoms with Crippen molar-refractivity contribution in [2.24, 2.45) is 10.8 Å². The lowest BCUT2D eigenvalue weighted by Gasteiger charge is -2.39. The van der Waals surface area contributed by atoms with E-state index in [9.17, 15) is 4.79 Å². The summed E-state index contributed by atoms with van der Waals surface area (Å²) >= 11 is 0. The minimum atomic E-state index is -0.501. The van der Waals surface area contributed by atoms with Gasteiger partial charge in [0.25, 0.3) is 0 Å². The number of likely N-dealkylation sites (tertiary alicyclic amines) is 1. The van der Waals surface area contributed by atoms with E-state index < -0.39 is 5.60 Å². The van der Waals surface area contributed by atoms with Crippen molar-refractivity contribution in [3.05, 3.63) is 29.1 Å². The highest BCUT2D eigenvalue weighted by Gasteiger charge is 2.35. The summed E-state index contributed by atoms with van der Waals surface area (Å²) in [7, 11) is 0. The molecule has 212 valence electrons. The third-order valence-corrected chi connectivity index (χ3v) is 8.39. The van der Waals surface area contributed by atoms with Crippen molar-refractivity contribution in [2.75, 3.05) is 13.2 Å². The average molecular weight is 517 g/mol. The predicted molar refractivity (Wildman–Crippen MR) is 154 cm³/mol. The van der Waals surface area contributed by atoms with Gasteiger partial charge < -0.3 is 9.47 Å². The largest absolute Gasteiger partial charge is 0.444 e. The lowest BCUT2D eigenvalue weighted by atomic mass is 9.67. The van der Waals surface area contributed by atoms with Crippen molar-refractivity contribution in [2.45, 2.75) is 145 Å². The Hall–Kier alpha value is -1.62. The molecule has 2 heterocycles. The molecule has 1 aliphatic rings. The normalized spacial score (nSPS) is 16.9. The molecule has 1 fully saturated rings. The van der Waals surface area contributed by atoms with Gasteiger partial charge in [0.15, 0.2) is 0 Å². The number of aromatic nitrogens is 1. The number of hydrogen-bond donors (Lipinski definition) is 0. The molecule has 1 aromatic rings. The van der Waals surface area contributed by atoms with Crippen LogP contribution in [0.2, 0.25) is 0 Å². The molecule has 1 amide bonds. The minimum Gasteiger partial charge on any atom is -0.444 e. The first-order valence-electron chi connectivity index (χ1n) is 14.7. The van der Waals surface area contributed by atoms with E-state index in [4.69, 9.17) is 14.5 Å². The van der Waals surface area contributed by atoms with E-state index in [-0.39, 0.29) is 12.1 Å². The summed E-state index contributed by atoms with van der Waals surface area (Å²) in [6, 6.07) is 2.00. The quantitative estimate of drug-likeness (QED) is 0.245. The van der Waals surface area contributed by atoms with Crippen molar-refractivity contribution in [1.82, 2.24) is 9.88 Å². The van der Waals surface area contributed by atoms with Gasteiger partial charge in [-0.15, -0.1) is 0 Å². The topological polar surface area (TPSA) is 51.7 Å². The van der Waals surface area contributed by atoms with Crippen LogP contribution in [0, 0.1) is 17.8 Å². The highest BCUT2D eigenvalue weighted by Crippen LogP contribution is 2.42. The zero-order valence-corrected chi connectivity index (χ0v) is 25.5. The second-order valence-corrected chi connectivity index (χ2v) is 13.7. The fourth-order valence-corrected chi connectivity index (χ4v) is 4.88. The van der Waals surface area contributed by atoms with Crippen LogP contribution in [0.25, 0.3) is 0 Å². The van der Waals surface area contributed by atoms with E-state index in [0.29, 0.717) is 24.0 Å². The average Bonchev–Trinajstić information content (AvgIpc) is 3.26. The molecule has 2 rings (SSSR count). The maximum atomic E-state index is 12.8. The fraction of sp³-hybridized carbons (Fsp3) is 0.812. The summed E-state index contributed by atoms with van der Waals surface area (Å²) in [5.41, 5.74) is 3.55. The van der Waals surface area contributed by atoms with Gasteiger partial charge in [0.05, 0.1) is 18.3 Å². The summed E-state index contributed by atoms with van der Waals surface area (Å²) in [4.78, 5) is 19.4. The third-order valence-electron chi connectivity index (χ3n) is 8.39. The van der Waals surface area contributed by atoms with Gasteiger partial charge in [-0.3, -0.25) is 9.88 Å². The molecule has 0 N–H and O–H groups in total. The molecule has 1 unspecified atom stereocenters. The molecule has 1 aliphatic heterocycles. The first kappa shape index (κ1) is 31.6. The Labute approximate surface area is 228 Å². The maximum absolute atomic E-state index is 12.8. The van der Waals surface area contributed by atoms with E-state index >= 15 is 0 Å². The molecular formula is C32H56N2O3. The number of pyridine rings is 1. The Kier molecular flexibility index (Phi) is 11.9. The molecule has 37 heavy (non-hydrogen) atoms. The number of ether oxygens (including phenoxy) is 2. The standard InChI is InChI=1S/C32H56N2O3/c1-25-19-21-33-28(27-18-17-22-34(27)29(35)37-31(5,6)7)26(25)24-36-23-16-14-12-10-11-13-15-20-32(8,9)30(2,3)4/h19,21,27H,10-18,20,22-24H2,1-9H3. The molecular weight excluding hydrogens is 460 g/mol. The molecule has 1 aromatic heterocycles. The number of carbonyl (C=O) groups excluding carboxylic acids is 1. The first-order valence-corrected chi connectivity index (χ1v) is 14.7. The van der Waals surface area contributed by atoms with Gasteiger partial charge in [-0.1, -0.05) is 73.1 Å². The lowest BCUT2D eigenvalue weighted by Crippen LogP contribution is -2.37. The van der Waals surface area contributed by atoms with Crippen molar-refractivity contribution in [1.29, 1.82) is 0 Å². The van der Waals surface area contributed by atoms with Crippen LogP contribution in [0.1, 0.15) is 142 Å². The Balaban J connectivity index is 1.72. The monoisotopic (exact) mass is 516 g/mol. The predicted octanol–water partition coefficient (Wildman–Crippen LogP) is 9.17. The molecule has 0 bridgehead atoms. The number of carbonyl (C=O) groups is 1. The van der Waals surface area contributed by atoms with Gasteiger partial charge in [-0.25, -0.2) is 4.79 Å². The Morgan fingerprint density at radius 1 is 0.973 bits per heavy atom. The van der Waals surface area contributed by atoms with E-state index in [2.05, 4.69) is 41.5 Å². The van der Waals surface area contributed by atoms with Crippen LogP contribution in [0.4, 0.5) is 4.79 Å². The highest BCUT2D eigenvalue weighted by atomic mass is 16.6. The van der Waals surface area contributed by atoms with Crippen molar-refractivity contribution in [3.8, 4) is 0 Å². The zero-order chi connectivity index (χ0) is 27.7. The molecule has 1 atom stereocenters. The third kappa shape index (κ3) is 10.2. The van der Waals surface area contributed by atoms with Gasteiger partial charge in [-0.05, 0) is 75.8 Å². The lowest BCUT2D eigenvalue weighted by molar-refractivity contribution is 0.0218. The summed E-state index contributed by atoms with van der Waals surface area (Å²) in [6.45, 7) is 21.8. The molecule has 0 spiro atoms. The molecule has 0 aromatic carbocycles. The van der Waals surface area contributed by atoms with Crippen molar-refractivity contribution < 1.29 is 14.3 Å². The smallest absolute Gasteiger partial charge is 0.410 e. The van der Waals surface area contributed by atoms with Gasteiger partial charge in [0.2, 0.25) is 0 Å².